The first kappa shape index (κ1) is 15.3. The Bertz CT molecular complexity index is 717. The van der Waals surface area contributed by atoms with E-state index in [0.717, 1.165) is 5.69 Å². The Hall–Kier alpha value is -2.10. The summed E-state index contributed by atoms with van der Waals surface area (Å²) in [7, 11) is -2.19. The van der Waals surface area contributed by atoms with Gasteiger partial charge in [0.25, 0.3) is 0 Å². The Morgan fingerprint density at radius 1 is 1.29 bits per heavy atom. The van der Waals surface area contributed by atoms with E-state index < -0.39 is 10.0 Å². The topological polar surface area (TPSA) is 114 Å². The third-order valence-electron chi connectivity index (χ3n) is 2.80. The Morgan fingerprint density at radius 3 is 2.52 bits per heavy atom. The summed E-state index contributed by atoms with van der Waals surface area (Å²) < 4.78 is 26.0. The van der Waals surface area contributed by atoms with Gasteiger partial charge in [0, 0.05) is 12.7 Å². The molecule has 0 saturated heterocycles. The van der Waals surface area contributed by atoms with Crippen LogP contribution in [0.4, 0.5) is 5.95 Å². The molecule has 0 amide bonds. The third-order valence-corrected chi connectivity index (χ3v) is 4.55. The zero-order chi connectivity index (χ0) is 15.5. The molecule has 0 radical (unpaired) electrons. The molecule has 0 atom stereocenters. The molecule has 2 heterocycles. The van der Waals surface area contributed by atoms with Crippen molar-refractivity contribution in [3.8, 4) is 0 Å². The number of rotatable bonds is 5. The van der Waals surface area contributed by atoms with Crippen molar-refractivity contribution in [1.82, 2.24) is 19.3 Å². The Balaban J connectivity index is 2.21. The second-order valence-electron chi connectivity index (χ2n) is 4.42. The largest absolute Gasteiger partial charge is 0.292 e. The highest BCUT2D eigenvalue weighted by atomic mass is 32.2. The molecule has 0 aliphatic rings. The predicted octanol–water partition coefficient (Wildman–Crippen LogP) is 0.286. The molecule has 0 spiro atoms. The smallest absolute Gasteiger partial charge is 0.246 e. The number of pyridine rings is 1. The van der Waals surface area contributed by atoms with Gasteiger partial charge in [-0.25, -0.2) is 24.2 Å². The number of sulfonamides is 1. The molecule has 9 heteroatoms. The summed E-state index contributed by atoms with van der Waals surface area (Å²) in [6.07, 6.45) is 2.41. The maximum atomic E-state index is 12.4. The first-order valence-electron chi connectivity index (χ1n) is 6.11. The van der Waals surface area contributed by atoms with Crippen molar-refractivity contribution in [2.24, 2.45) is 5.84 Å². The minimum atomic E-state index is -3.68. The van der Waals surface area contributed by atoms with Gasteiger partial charge in [0.2, 0.25) is 16.0 Å². The van der Waals surface area contributed by atoms with Crippen LogP contribution in [-0.2, 0) is 16.6 Å². The molecular weight excluding hydrogens is 292 g/mol. The predicted molar refractivity (Wildman–Crippen MR) is 77.5 cm³/mol. The second kappa shape index (κ2) is 6.12. The molecule has 21 heavy (non-hydrogen) atoms. The summed E-state index contributed by atoms with van der Waals surface area (Å²) in [6, 6.07) is 5.46. The molecule has 2 aromatic rings. The lowest BCUT2D eigenvalue weighted by Gasteiger charge is -2.16. The minimum Gasteiger partial charge on any atom is -0.292 e. The van der Waals surface area contributed by atoms with Crippen molar-refractivity contribution < 1.29 is 8.42 Å². The highest BCUT2D eigenvalue weighted by molar-refractivity contribution is 7.89. The standard InChI is InChI=1S/C12H16N6O2S/c1-9-4-3-5-10(16-9)8-18(2)21(19,20)11-6-14-12(17-13)15-7-11/h3-7H,8,13H2,1-2H3,(H,14,15,17). The van der Waals surface area contributed by atoms with Crippen molar-refractivity contribution in [2.45, 2.75) is 18.4 Å². The molecule has 0 aliphatic carbocycles. The number of nitrogens with zero attached hydrogens (tertiary/aromatic N) is 4. The lowest BCUT2D eigenvalue weighted by atomic mass is 10.3. The minimum absolute atomic E-state index is 0.00310. The molecular formula is C12H16N6O2S. The quantitative estimate of drug-likeness (QED) is 0.602. The van der Waals surface area contributed by atoms with E-state index in [2.05, 4.69) is 20.4 Å². The first-order valence-corrected chi connectivity index (χ1v) is 7.55. The van der Waals surface area contributed by atoms with Crippen molar-refractivity contribution in [3.63, 3.8) is 0 Å². The van der Waals surface area contributed by atoms with Crippen molar-refractivity contribution in [1.29, 1.82) is 0 Å². The molecule has 0 saturated carbocycles. The van der Waals surface area contributed by atoms with E-state index >= 15 is 0 Å². The van der Waals surface area contributed by atoms with Crippen LogP contribution in [0.25, 0.3) is 0 Å². The summed E-state index contributed by atoms with van der Waals surface area (Å²) in [6.45, 7) is 2.02. The van der Waals surface area contributed by atoms with Gasteiger partial charge in [0.15, 0.2) is 0 Å². The molecule has 3 N–H and O–H groups in total. The van der Waals surface area contributed by atoms with E-state index in [1.54, 1.807) is 6.07 Å². The highest BCUT2D eigenvalue weighted by Crippen LogP contribution is 2.15. The average Bonchev–Trinajstić information content (AvgIpc) is 2.47. The first-order chi connectivity index (χ1) is 9.93. The van der Waals surface area contributed by atoms with Crippen LogP contribution in [0.1, 0.15) is 11.4 Å². The SMILES string of the molecule is Cc1cccc(CN(C)S(=O)(=O)c2cnc(NN)nc2)n1. The van der Waals surface area contributed by atoms with Crippen LogP contribution in [0, 0.1) is 6.92 Å². The molecule has 2 rings (SSSR count). The number of nitrogens with two attached hydrogens (primary N) is 1. The number of hydrogen-bond donors (Lipinski definition) is 2. The fourth-order valence-electron chi connectivity index (χ4n) is 1.70. The number of aryl methyl sites for hydroxylation is 1. The third kappa shape index (κ3) is 3.51. The van der Waals surface area contributed by atoms with Crippen LogP contribution in [0.5, 0.6) is 0 Å². The summed E-state index contributed by atoms with van der Waals surface area (Å²) in [5.41, 5.74) is 3.74. The van der Waals surface area contributed by atoms with Gasteiger partial charge in [0.1, 0.15) is 4.90 Å². The molecule has 0 bridgehead atoms. The maximum absolute atomic E-state index is 12.4. The molecule has 112 valence electrons. The van der Waals surface area contributed by atoms with Gasteiger partial charge in [-0.15, -0.1) is 0 Å². The average molecular weight is 308 g/mol. The molecule has 8 nitrogen and oxygen atoms in total. The van der Waals surface area contributed by atoms with Crippen LogP contribution in [0.3, 0.4) is 0 Å². The molecule has 0 fully saturated rings. The molecule has 0 unspecified atom stereocenters. The van der Waals surface area contributed by atoms with Gasteiger partial charge in [-0.1, -0.05) is 6.07 Å². The van der Waals surface area contributed by atoms with Crippen LogP contribution in [0.2, 0.25) is 0 Å². The number of nitrogen functional groups attached to an aromatic ring is 1. The van der Waals surface area contributed by atoms with E-state index in [1.807, 2.05) is 19.1 Å². The summed E-state index contributed by atoms with van der Waals surface area (Å²) >= 11 is 0. The van der Waals surface area contributed by atoms with E-state index in [9.17, 15) is 8.42 Å². The van der Waals surface area contributed by atoms with E-state index in [1.165, 1.54) is 23.7 Å². The lowest BCUT2D eigenvalue weighted by molar-refractivity contribution is 0.461. The Labute approximate surface area is 123 Å². The van der Waals surface area contributed by atoms with Gasteiger partial charge in [-0.2, -0.15) is 4.31 Å². The fraction of sp³-hybridized carbons (Fsp3) is 0.250. The van der Waals surface area contributed by atoms with E-state index in [0.29, 0.717) is 5.69 Å². The van der Waals surface area contributed by atoms with Gasteiger partial charge in [0.05, 0.1) is 24.6 Å². The molecule has 2 aromatic heterocycles. The summed E-state index contributed by atoms with van der Waals surface area (Å²) in [5, 5.41) is 0. The number of hydrazine groups is 1. The van der Waals surface area contributed by atoms with Gasteiger partial charge in [-0.05, 0) is 19.1 Å². The lowest BCUT2D eigenvalue weighted by Crippen LogP contribution is -2.27. The Morgan fingerprint density at radius 2 is 1.95 bits per heavy atom. The van der Waals surface area contributed by atoms with Crippen LogP contribution in [-0.4, -0.2) is 34.7 Å². The monoisotopic (exact) mass is 308 g/mol. The van der Waals surface area contributed by atoms with Crippen LogP contribution >= 0.6 is 0 Å². The van der Waals surface area contributed by atoms with Crippen molar-refractivity contribution in [3.05, 3.63) is 42.0 Å². The van der Waals surface area contributed by atoms with Gasteiger partial charge in [-0.3, -0.25) is 10.4 Å². The van der Waals surface area contributed by atoms with Crippen LogP contribution < -0.4 is 11.3 Å². The van der Waals surface area contributed by atoms with Gasteiger partial charge < -0.3 is 0 Å². The van der Waals surface area contributed by atoms with Crippen molar-refractivity contribution in [2.75, 3.05) is 12.5 Å². The fourth-order valence-corrected chi connectivity index (χ4v) is 2.74. The number of nitrogens with one attached hydrogen (secondary N) is 1. The highest BCUT2D eigenvalue weighted by Gasteiger charge is 2.22. The summed E-state index contributed by atoms with van der Waals surface area (Å²) in [5.74, 6) is 5.29. The van der Waals surface area contributed by atoms with E-state index in [4.69, 9.17) is 5.84 Å². The molecule has 0 aliphatic heterocycles. The van der Waals surface area contributed by atoms with Crippen LogP contribution in [0.15, 0.2) is 35.5 Å². The maximum Gasteiger partial charge on any atom is 0.246 e. The van der Waals surface area contributed by atoms with Crippen molar-refractivity contribution >= 4 is 16.0 Å². The number of anilines is 1. The zero-order valence-corrected chi connectivity index (χ0v) is 12.5. The zero-order valence-electron chi connectivity index (χ0n) is 11.7. The van der Waals surface area contributed by atoms with Gasteiger partial charge >= 0.3 is 0 Å². The van der Waals surface area contributed by atoms with E-state index in [-0.39, 0.29) is 17.4 Å². The number of hydrogen-bond acceptors (Lipinski definition) is 7. The summed E-state index contributed by atoms with van der Waals surface area (Å²) in [4.78, 5) is 11.9. The Kier molecular flexibility index (Phi) is 4.46. The normalized spacial score (nSPS) is 11.6. The molecule has 0 aromatic carbocycles. The number of aromatic nitrogens is 3. The second-order valence-corrected chi connectivity index (χ2v) is 6.46.